The van der Waals surface area contributed by atoms with Gasteiger partial charge in [0.1, 0.15) is 17.0 Å². The van der Waals surface area contributed by atoms with Crippen LogP contribution in [-0.2, 0) is 16.0 Å². The Labute approximate surface area is 158 Å². The van der Waals surface area contributed by atoms with Gasteiger partial charge < -0.3 is 19.1 Å². The van der Waals surface area contributed by atoms with E-state index in [1.807, 2.05) is 12.1 Å². The van der Waals surface area contributed by atoms with Gasteiger partial charge in [-0.25, -0.2) is 0 Å². The topological polar surface area (TPSA) is 78.7 Å². The van der Waals surface area contributed by atoms with Crippen LogP contribution in [0.1, 0.15) is 16.9 Å². The number of hydrogen-bond acceptors (Lipinski definition) is 6. The van der Waals surface area contributed by atoms with Crippen molar-refractivity contribution < 1.29 is 19.0 Å². The highest BCUT2D eigenvalue weighted by molar-refractivity contribution is 5.93. The zero-order valence-corrected chi connectivity index (χ0v) is 15.4. The average Bonchev–Trinajstić information content (AvgIpc) is 3.31. The van der Waals surface area contributed by atoms with E-state index in [2.05, 4.69) is 10.1 Å². The van der Waals surface area contributed by atoms with Gasteiger partial charge in [0.15, 0.2) is 0 Å². The molecule has 144 valence electrons. The van der Waals surface area contributed by atoms with Crippen LogP contribution in [0.3, 0.4) is 0 Å². The van der Waals surface area contributed by atoms with Crippen LogP contribution in [-0.4, -0.2) is 71.2 Å². The lowest BCUT2D eigenvalue weighted by atomic mass is 9.81. The van der Waals surface area contributed by atoms with Crippen LogP contribution in [0, 0.1) is 5.92 Å². The first kappa shape index (κ1) is 17.9. The molecule has 2 fully saturated rings. The highest BCUT2D eigenvalue weighted by atomic mass is 16.5. The number of ether oxygens (including phenoxy) is 3. The number of carbonyl (C=O) groups excluding carboxylic acids is 1. The van der Waals surface area contributed by atoms with Crippen molar-refractivity contribution in [1.82, 2.24) is 19.7 Å². The lowest BCUT2D eigenvalue weighted by Crippen LogP contribution is -2.66. The molecule has 1 atom stereocenters. The molecule has 2 aliphatic heterocycles. The third-order valence-corrected chi connectivity index (χ3v) is 5.27. The van der Waals surface area contributed by atoms with Gasteiger partial charge in [-0.1, -0.05) is 0 Å². The molecule has 0 bridgehead atoms. The number of likely N-dealkylation sites (tertiary alicyclic amines) is 1. The van der Waals surface area contributed by atoms with Crippen LogP contribution in [0.4, 0.5) is 0 Å². The first-order valence-electron chi connectivity index (χ1n) is 9.19. The van der Waals surface area contributed by atoms with Crippen LogP contribution in [0.2, 0.25) is 0 Å². The third-order valence-electron chi connectivity index (χ3n) is 5.27. The summed E-state index contributed by atoms with van der Waals surface area (Å²) in [6.07, 6.45) is 6.17. The molecular weight excluding hydrogens is 348 g/mol. The van der Waals surface area contributed by atoms with Gasteiger partial charge >= 0.3 is 0 Å². The van der Waals surface area contributed by atoms with Gasteiger partial charge in [-0.05, 0) is 24.6 Å². The Hall–Kier alpha value is -2.45. The molecule has 2 aliphatic rings. The molecule has 0 radical (unpaired) electrons. The minimum atomic E-state index is -0.295. The summed E-state index contributed by atoms with van der Waals surface area (Å²) in [5.74, 6) is 0.966. The van der Waals surface area contributed by atoms with E-state index in [4.69, 9.17) is 14.2 Å². The molecule has 0 unspecified atom stereocenters. The number of amides is 1. The summed E-state index contributed by atoms with van der Waals surface area (Å²) in [5, 5.41) is 4.33. The van der Waals surface area contributed by atoms with E-state index in [-0.39, 0.29) is 17.4 Å². The Bertz CT molecular complexity index is 773. The highest BCUT2D eigenvalue weighted by Crippen LogP contribution is 2.40. The Morgan fingerprint density at radius 2 is 2.30 bits per heavy atom. The maximum Gasteiger partial charge on any atom is 0.274 e. The molecule has 0 saturated carbocycles. The van der Waals surface area contributed by atoms with Gasteiger partial charge in [0.05, 0.1) is 39.0 Å². The van der Waals surface area contributed by atoms with Crippen molar-refractivity contribution in [2.75, 3.05) is 40.0 Å². The minimum absolute atomic E-state index is 0.0563. The van der Waals surface area contributed by atoms with E-state index in [0.717, 1.165) is 12.2 Å². The molecule has 1 spiro atoms. The molecule has 0 aromatic carbocycles. The van der Waals surface area contributed by atoms with Gasteiger partial charge in [0.25, 0.3) is 5.91 Å². The van der Waals surface area contributed by atoms with E-state index in [1.54, 1.807) is 41.3 Å². The predicted molar refractivity (Wildman–Crippen MR) is 96.5 cm³/mol. The molecule has 27 heavy (non-hydrogen) atoms. The molecule has 8 nitrogen and oxygen atoms in total. The van der Waals surface area contributed by atoms with E-state index in [0.29, 0.717) is 45.1 Å². The number of nitrogens with zero attached hydrogens (tertiary/aromatic N) is 4. The predicted octanol–water partition coefficient (Wildman–Crippen LogP) is 1.23. The monoisotopic (exact) mass is 372 g/mol. The molecule has 4 heterocycles. The molecular formula is C19H24N4O4. The van der Waals surface area contributed by atoms with E-state index < -0.39 is 0 Å². The summed E-state index contributed by atoms with van der Waals surface area (Å²) in [6, 6.07) is 5.50. The quantitative estimate of drug-likeness (QED) is 0.728. The molecule has 2 saturated heterocycles. The lowest BCUT2D eigenvalue weighted by Gasteiger charge is -2.49. The van der Waals surface area contributed by atoms with Crippen LogP contribution < -0.4 is 4.74 Å². The van der Waals surface area contributed by atoms with Crippen LogP contribution in [0.15, 0.2) is 36.8 Å². The van der Waals surface area contributed by atoms with Crippen molar-refractivity contribution in [2.45, 2.75) is 18.6 Å². The highest BCUT2D eigenvalue weighted by Gasteiger charge is 2.55. The van der Waals surface area contributed by atoms with Gasteiger partial charge in [0.2, 0.25) is 0 Å². The van der Waals surface area contributed by atoms with E-state index >= 15 is 0 Å². The summed E-state index contributed by atoms with van der Waals surface area (Å²) in [4.78, 5) is 18.5. The molecule has 2 aromatic rings. The second-order valence-corrected chi connectivity index (χ2v) is 7.02. The lowest BCUT2D eigenvalue weighted by molar-refractivity contribution is -0.122. The number of rotatable bonds is 7. The summed E-state index contributed by atoms with van der Waals surface area (Å²) in [6.45, 7) is 3.63. The van der Waals surface area contributed by atoms with Gasteiger partial charge in [-0.15, -0.1) is 0 Å². The van der Waals surface area contributed by atoms with Crippen molar-refractivity contribution >= 4 is 5.91 Å². The first-order chi connectivity index (χ1) is 13.2. The van der Waals surface area contributed by atoms with Gasteiger partial charge in [0, 0.05) is 32.0 Å². The molecule has 4 rings (SSSR count). The summed E-state index contributed by atoms with van der Waals surface area (Å²) < 4.78 is 18.7. The Kier molecular flexibility index (Phi) is 5.09. The second-order valence-electron chi connectivity index (χ2n) is 7.02. The standard InChI is InChI=1S/C19H24N4O4/c1-25-10-8-23-7-4-17(21-23)18(24)22-13-19(14-22)15(5-9-27-19)12-26-16-3-2-6-20-11-16/h2-4,6-7,11,15H,5,8-10,12-14H2,1H3/t15-/m0/s1. The summed E-state index contributed by atoms with van der Waals surface area (Å²) in [5.41, 5.74) is 0.165. The van der Waals surface area contributed by atoms with Gasteiger partial charge in [-0.3, -0.25) is 14.5 Å². The van der Waals surface area contributed by atoms with Crippen molar-refractivity contribution in [3.8, 4) is 5.75 Å². The number of carbonyl (C=O) groups is 1. The van der Waals surface area contributed by atoms with Crippen LogP contribution in [0.5, 0.6) is 5.75 Å². The minimum Gasteiger partial charge on any atom is -0.492 e. The number of methoxy groups -OCH3 is 1. The van der Waals surface area contributed by atoms with E-state index in [1.165, 1.54) is 0 Å². The molecule has 0 N–H and O–H groups in total. The fraction of sp³-hybridized carbons (Fsp3) is 0.526. The van der Waals surface area contributed by atoms with Crippen molar-refractivity contribution in [2.24, 2.45) is 5.92 Å². The average molecular weight is 372 g/mol. The zero-order chi connectivity index (χ0) is 18.7. The Morgan fingerprint density at radius 1 is 1.41 bits per heavy atom. The molecule has 1 amide bonds. The van der Waals surface area contributed by atoms with Crippen molar-refractivity contribution in [3.05, 3.63) is 42.5 Å². The van der Waals surface area contributed by atoms with Crippen molar-refractivity contribution in [3.63, 3.8) is 0 Å². The number of hydrogen-bond donors (Lipinski definition) is 0. The van der Waals surface area contributed by atoms with Gasteiger partial charge in [-0.2, -0.15) is 5.10 Å². The molecule has 8 heteroatoms. The SMILES string of the molecule is COCCn1ccc(C(=O)N2CC3(C2)OCC[C@H]3COc2cccnc2)n1. The van der Waals surface area contributed by atoms with Crippen LogP contribution >= 0.6 is 0 Å². The smallest absolute Gasteiger partial charge is 0.274 e. The summed E-state index contributed by atoms with van der Waals surface area (Å²) >= 11 is 0. The summed E-state index contributed by atoms with van der Waals surface area (Å²) in [7, 11) is 1.64. The fourth-order valence-corrected chi connectivity index (χ4v) is 3.69. The number of aromatic nitrogens is 3. The maximum atomic E-state index is 12.7. The van der Waals surface area contributed by atoms with Crippen molar-refractivity contribution in [1.29, 1.82) is 0 Å². The van der Waals surface area contributed by atoms with Crippen LogP contribution in [0.25, 0.3) is 0 Å². The largest absolute Gasteiger partial charge is 0.492 e. The Morgan fingerprint density at radius 3 is 3.07 bits per heavy atom. The second kappa shape index (κ2) is 7.66. The maximum absolute atomic E-state index is 12.7. The zero-order valence-electron chi connectivity index (χ0n) is 15.4. The fourth-order valence-electron chi connectivity index (χ4n) is 3.69. The third kappa shape index (κ3) is 3.68. The molecule has 2 aromatic heterocycles. The Balaban J connectivity index is 1.32. The van der Waals surface area contributed by atoms with E-state index in [9.17, 15) is 4.79 Å². The molecule has 0 aliphatic carbocycles. The number of pyridine rings is 1. The normalized spacial score (nSPS) is 20.6. The first-order valence-corrected chi connectivity index (χ1v) is 9.19.